The fourth-order valence-corrected chi connectivity index (χ4v) is 1.79. The van der Waals surface area contributed by atoms with Crippen molar-refractivity contribution in [3.05, 3.63) is 0 Å². The minimum atomic E-state index is -0.775. The van der Waals surface area contributed by atoms with Gasteiger partial charge < -0.3 is 14.7 Å². The minimum absolute atomic E-state index is 0.0352. The molecule has 0 bridgehead atoms. The smallest absolute Gasteiger partial charge is 0.309 e. The summed E-state index contributed by atoms with van der Waals surface area (Å²) in [5.74, 6) is -0.825. The number of carbonyl (C=O) groups excluding carboxylic acids is 1. The molecule has 1 saturated heterocycles. The number of carboxylic acid groups (broad SMARTS) is 1. The first-order chi connectivity index (χ1) is 7.85. The van der Waals surface area contributed by atoms with Crippen LogP contribution in [0.5, 0.6) is 0 Å². The van der Waals surface area contributed by atoms with Crippen LogP contribution in [0.2, 0.25) is 0 Å². The topological polar surface area (TPSA) is 66.8 Å². The van der Waals surface area contributed by atoms with E-state index in [4.69, 9.17) is 9.84 Å². The maximum absolute atomic E-state index is 11.7. The normalized spacial score (nSPS) is 19.4. The molecule has 0 spiro atoms. The average Bonchev–Trinajstić information content (AvgIpc) is 2.26. The largest absolute Gasteiger partial charge is 0.481 e. The van der Waals surface area contributed by atoms with Crippen molar-refractivity contribution in [1.29, 1.82) is 0 Å². The minimum Gasteiger partial charge on any atom is -0.481 e. The van der Waals surface area contributed by atoms with Gasteiger partial charge in [-0.2, -0.15) is 0 Å². The van der Waals surface area contributed by atoms with Gasteiger partial charge >= 0.3 is 5.97 Å². The van der Waals surface area contributed by atoms with Gasteiger partial charge in [0.2, 0.25) is 5.91 Å². The fraction of sp³-hybridized carbons (Fsp3) is 0.833. The standard InChI is InChI=1S/C12H21NO4/c1-9(2)17-8-10(14)13-6-4-12(3,5-7-13)11(15)16/h9H,4-8H2,1-3H3,(H,15,16). The first-order valence-corrected chi connectivity index (χ1v) is 5.98. The maximum atomic E-state index is 11.7. The first kappa shape index (κ1) is 14.0. The predicted molar refractivity (Wildman–Crippen MR) is 62.6 cm³/mol. The molecule has 17 heavy (non-hydrogen) atoms. The summed E-state index contributed by atoms with van der Waals surface area (Å²) in [6.45, 7) is 6.59. The van der Waals surface area contributed by atoms with Crippen LogP contribution in [-0.4, -0.2) is 47.7 Å². The molecule has 0 atom stereocenters. The second-order valence-electron chi connectivity index (χ2n) is 5.11. The van der Waals surface area contributed by atoms with Crippen molar-refractivity contribution in [1.82, 2.24) is 4.90 Å². The van der Waals surface area contributed by atoms with Crippen molar-refractivity contribution >= 4 is 11.9 Å². The van der Waals surface area contributed by atoms with Gasteiger partial charge in [-0.25, -0.2) is 0 Å². The SMILES string of the molecule is CC(C)OCC(=O)N1CCC(C)(C(=O)O)CC1. The number of rotatable bonds is 4. The van der Waals surface area contributed by atoms with E-state index in [9.17, 15) is 9.59 Å². The molecule has 1 amide bonds. The molecule has 98 valence electrons. The first-order valence-electron chi connectivity index (χ1n) is 5.98. The number of ether oxygens (including phenoxy) is 1. The van der Waals surface area contributed by atoms with E-state index < -0.39 is 11.4 Å². The van der Waals surface area contributed by atoms with Crippen LogP contribution in [0, 0.1) is 5.41 Å². The molecule has 0 aromatic carbocycles. The third-order valence-corrected chi connectivity index (χ3v) is 3.28. The van der Waals surface area contributed by atoms with E-state index in [0.717, 1.165) is 0 Å². The number of nitrogens with zero attached hydrogens (tertiary/aromatic N) is 1. The lowest BCUT2D eigenvalue weighted by atomic mass is 9.80. The number of piperidine rings is 1. The van der Waals surface area contributed by atoms with Crippen LogP contribution in [0.25, 0.3) is 0 Å². The van der Waals surface area contributed by atoms with E-state index in [1.54, 1.807) is 11.8 Å². The monoisotopic (exact) mass is 243 g/mol. The van der Waals surface area contributed by atoms with E-state index in [1.165, 1.54) is 0 Å². The molecule has 0 radical (unpaired) electrons. The summed E-state index contributed by atoms with van der Waals surface area (Å²) in [6.07, 6.45) is 1.05. The third kappa shape index (κ3) is 3.70. The third-order valence-electron chi connectivity index (χ3n) is 3.28. The highest BCUT2D eigenvalue weighted by atomic mass is 16.5. The number of hydrogen-bond donors (Lipinski definition) is 1. The molecule has 0 aromatic rings. The van der Waals surface area contributed by atoms with Crippen LogP contribution in [0.3, 0.4) is 0 Å². The van der Waals surface area contributed by atoms with Crippen LogP contribution in [0.15, 0.2) is 0 Å². The van der Waals surface area contributed by atoms with Crippen LogP contribution in [0.4, 0.5) is 0 Å². The van der Waals surface area contributed by atoms with Crippen LogP contribution in [-0.2, 0) is 14.3 Å². The van der Waals surface area contributed by atoms with Gasteiger partial charge in [0.25, 0.3) is 0 Å². The Morgan fingerprint density at radius 3 is 2.29 bits per heavy atom. The van der Waals surface area contributed by atoms with Crippen molar-refractivity contribution in [3.8, 4) is 0 Å². The maximum Gasteiger partial charge on any atom is 0.309 e. The van der Waals surface area contributed by atoms with Gasteiger partial charge in [0.05, 0.1) is 11.5 Å². The Morgan fingerprint density at radius 2 is 1.88 bits per heavy atom. The quantitative estimate of drug-likeness (QED) is 0.803. The van der Waals surface area contributed by atoms with Crippen molar-refractivity contribution in [2.45, 2.75) is 39.7 Å². The number of hydrogen-bond acceptors (Lipinski definition) is 3. The molecule has 1 N–H and O–H groups in total. The Bertz CT molecular complexity index is 293. The highest BCUT2D eigenvalue weighted by Gasteiger charge is 2.37. The van der Waals surface area contributed by atoms with Gasteiger partial charge in [-0.3, -0.25) is 9.59 Å². The molecule has 0 aliphatic carbocycles. The van der Waals surface area contributed by atoms with Crippen LogP contribution < -0.4 is 0 Å². The number of aliphatic carboxylic acids is 1. The van der Waals surface area contributed by atoms with Gasteiger partial charge in [0, 0.05) is 13.1 Å². The predicted octanol–water partition coefficient (Wildman–Crippen LogP) is 1.12. The van der Waals surface area contributed by atoms with E-state index in [0.29, 0.717) is 25.9 Å². The van der Waals surface area contributed by atoms with Crippen LogP contribution in [0.1, 0.15) is 33.6 Å². The Balaban J connectivity index is 2.41. The summed E-state index contributed by atoms with van der Waals surface area (Å²) < 4.78 is 5.25. The Hall–Kier alpha value is -1.10. The molecular weight excluding hydrogens is 222 g/mol. The van der Waals surface area contributed by atoms with Crippen molar-refractivity contribution in [2.75, 3.05) is 19.7 Å². The molecule has 1 aliphatic heterocycles. The van der Waals surface area contributed by atoms with Gasteiger partial charge in [0.1, 0.15) is 6.61 Å². The summed E-state index contributed by atoms with van der Waals surface area (Å²) in [6, 6.07) is 0. The summed E-state index contributed by atoms with van der Waals surface area (Å²) >= 11 is 0. The summed E-state index contributed by atoms with van der Waals surface area (Å²) in [7, 11) is 0. The lowest BCUT2D eigenvalue weighted by molar-refractivity contribution is -0.154. The zero-order chi connectivity index (χ0) is 13.1. The molecule has 5 nitrogen and oxygen atoms in total. The lowest BCUT2D eigenvalue weighted by Crippen LogP contribution is -2.46. The molecule has 0 aromatic heterocycles. The number of amides is 1. The van der Waals surface area contributed by atoms with Gasteiger partial charge in [0.15, 0.2) is 0 Å². The number of carbonyl (C=O) groups is 2. The molecule has 0 saturated carbocycles. The summed E-state index contributed by atoms with van der Waals surface area (Å²) in [5, 5.41) is 9.07. The number of carboxylic acids is 1. The second kappa shape index (κ2) is 5.49. The zero-order valence-corrected chi connectivity index (χ0v) is 10.7. The molecule has 5 heteroatoms. The summed E-state index contributed by atoms with van der Waals surface area (Å²) in [4.78, 5) is 24.5. The zero-order valence-electron chi connectivity index (χ0n) is 10.7. The van der Waals surface area contributed by atoms with E-state index >= 15 is 0 Å². The van der Waals surface area contributed by atoms with Gasteiger partial charge in [-0.15, -0.1) is 0 Å². The van der Waals surface area contributed by atoms with Gasteiger partial charge in [-0.1, -0.05) is 0 Å². The Labute approximate surface area is 102 Å². The Kier molecular flexibility index (Phi) is 4.51. The van der Waals surface area contributed by atoms with Crippen molar-refractivity contribution < 1.29 is 19.4 Å². The Morgan fingerprint density at radius 1 is 1.35 bits per heavy atom. The summed E-state index contributed by atoms with van der Waals surface area (Å²) in [5.41, 5.74) is -0.685. The van der Waals surface area contributed by atoms with E-state index in [1.807, 2.05) is 13.8 Å². The average molecular weight is 243 g/mol. The van der Waals surface area contributed by atoms with Crippen molar-refractivity contribution in [3.63, 3.8) is 0 Å². The van der Waals surface area contributed by atoms with Crippen LogP contribution >= 0.6 is 0 Å². The van der Waals surface area contributed by atoms with E-state index in [-0.39, 0.29) is 18.6 Å². The molecule has 1 heterocycles. The van der Waals surface area contributed by atoms with Crippen molar-refractivity contribution in [2.24, 2.45) is 5.41 Å². The fourth-order valence-electron chi connectivity index (χ4n) is 1.79. The second-order valence-corrected chi connectivity index (χ2v) is 5.11. The number of likely N-dealkylation sites (tertiary alicyclic amines) is 1. The highest BCUT2D eigenvalue weighted by Crippen LogP contribution is 2.30. The van der Waals surface area contributed by atoms with E-state index in [2.05, 4.69) is 0 Å². The molecular formula is C12H21NO4. The molecule has 1 rings (SSSR count). The molecule has 1 aliphatic rings. The lowest BCUT2D eigenvalue weighted by Gasteiger charge is -2.36. The van der Waals surface area contributed by atoms with Gasteiger partial charge in [-0.05, 0) is 33.6 Å². The molecule has 1 fully saturated rings. The highest BCUT2D eigenvalue weighted by molar-refractivity contribution is 5.79. The molecule has 0 unspecified atom stereocenters.